The summed E-state index contributed by atoms with van der Waals surface area (Å²) in [7, 11) is 0. The number of nitrogens with zero attached hydrogens (tertiary/aromatic N) is 1. The maximum Gasteiger partial charge on any atom is 0.236 e. The fourth-order valence-corrected chi connectivity index (χ4v) is 2.38. The van der Waals surface area contributed by atoms with Gasteiger partial charge >= 0.3 is 0 Å². The molecule has 3 atom stereocenters. The maximum absolute atomic E-state index is 11.3. The number of hydrogen-bond donors (Lipinski definition) is 2. The Balaban J connectivity index is 1.73. The van der Waals surface area contributed by atoms with Gasteiger partial charge in [0.25, 0.3) is 0 Å². The van der Waals surface area contributed by atoms with Gasteiger partial charge in [0.15, 0.2) is 0 Å². The van der Waals surface area contributed by atoms with Crippen molar-refractivity contribution in [2.75, 3.05) is 26.2 Å². The molecule has 2 unspecified atom stereocenters. The highest BCUT2D eigenvalue weighted by Gasteiger charge is 2.32. The smallest absolute Gasteiger partial charge is 0.236 e. The molecule has 0 aromatic heterocycles. The van der Waals surface area contributed by atoms with Crippen LogP contribution in [-0.2, 0) is 9.53 Å². The number of rotatable bonds is 3. The van der Waals surface area contributed by atoms with Gasteiger partial charge < -0.3 is 15.8 Å². The van der Waals surface area contributed by atoms with E-state index in [0.29, 0.717) is 12.6 Å². The Morgan fingerprint density at radius 3 is 3.25 bits per heavy atom. The molecule has 1 amide bonds. The topological polar surface area (TPSA) is 67.6 Å². The van der Waals surface area contributed by atoms with Gasteiger partial charge in [0, 0.05) is 19.1 Å². The van der Waals surface area contributed by atoms with Gasteiger partial charge in [-0.1, -0.05) is 0 Å². The molecular weight excluding hydrogens is 206 g/mol. The minimum Gasteiger partial charge on any atom is -0.373 e. The van der Waals surface area contributed by atoms with Crippen LogP contribution in [0.15, 0.2) is 0 Å². The first-order chi connectivity index (χ1) is 7.66. The highest BCUT2D eigenvalue weighted by molar-refractivity contribution is 5.80. The maximum atomic E-state index is 11.3. The molecule has 2 aliphatic heterocycles. The van der Waals surface area contributed by atoms with Crippen LogP contribution < -0.4 is 11.1 Å². The molecule has 0 aliphatic carbocycles. The zero-order valence-corrected chi connectivity index (χ0v) is 9.82. The normalized spacial score (nSPS) is 32.1. The van der Waals surface area contributed by atoms with Gasteiger partial charge in [-0.25, -0.2) is 0 Å². The standard InChI is InChI=1S/C11H21N3O2/c1-8(12)11(15)13-5-10-6-14-4-2-3-9(14)7-16-10/h8-10H,2-7,12H2,1H3,(H,13,15)/t8-,9?,10?/m1/s1. The van der Waals surface area contributed by atoms with Crippen molar-refractivity contribution in [3.8, 4) is 0 Å². The van der Waals surface area contributed by atoms with Gasteiger partial charge in [-0.15, -0.1) is 0 Å². The van der Waals surface area contributed by atoms with Crippen molar-refractivity contribution < 1.29 is 9.53 Å². The van der Waals surface area contributed by atoms with Crippen LogP contribution in [0.25, 0.3) is 0 Å². The minimum atomic E-state index is -0.442. The minimum absolute atomic E-state index is 0.104. The lowest BCUT2D eigenvalue weighted by molar-refractivity contribution is -0.123. The summed E-state index contributed by atoms with van der Waals surface area (Å²) in [6.45, 7) is 5.17. The molecule has 16 heavy (non-hydrogen) atoms. The fraction of sp³-hybridized carbons (Fsp3) is 0.909. The molecular formula is C11H21N3O2. The number of morpholine rings is 1. The van der Waals surface area contributed by atoms with Gasteiger partial charge in [0.2, 0.25) is 5.91 Å². The molecule has 0 saturated carbocycles. The van der Waals surface area contributed by atoms with Gasteiger partial charge in [0.05, 0.1) is 18.8 Å². The van der Waals surface area contributed by atoms with Gasteiger partial charge in [-0.2, -0.15) is 0 Å². The first-order valence-corrected chi connectivity index (χ1v) is 6.06. The molecule has 0 spiro atoms. The predicted octanol–water partition coefficient (Wildman–Crippen LogP) is -0.687. The Labute approximate surface area is 96.3 Å². The number of ether oxygens (including phenoxy) is 1. The average molecular weight is 227 g/mol. The van der Waals surface area contributed by atoms with E-state index in [9.17, 15) is 4.79 Å². The molecule has 2 saturated heterocycles. The predicted molar refractivity (Wildman–Crippen MR) is 61.0 cm³/mol. The lowest BCUT2D eigenvalue weighted by atomic mass is 10.2. The van der Waals surface area contributed by atoms with Crippen LogP contribution in [0.4, 0.5) is 0 Å². The van der Waals surface area contributed by atoms with Crippen LogP contribution in [-0.4, -0.2) is 55.2 Å². The van der Waals surface area contributed by atoms with Crippen molar-refractivity contribution in [1.82, 2.24) is 10.2 Å². The van der Waals surface area contributed by atoms with Crippen LogP contribution in [0.1, 0.15) is 19.8 Å². The largest absolute Gasteiger partial charge is 0.373 e. The third-order valence-corrected chi connectivity index (χ3v) is 3.38. The van der Waals surface area contributed by atoms with E-state index in [-0.39, 0.29) is 12.0 Å². The van der Waals surface area contributed by atoms with Crippen molar-refractivity contribution in [3.63, 3.8) is 0 Å². The number of fused-ring (bicyclic) bond motifs is 1. The van der Waals surface area contributed by atoms with E-state index in [2.05, 4.69) is 10.2 Å². The van der Waals surface area contributed by atoms with Crippen molar-refractivity contribution in [2.45, 2.75) is 38.0 Å². The second-order valence-corrected chi connectivity index (χ2v) is 4.78. The zero-order chi connectivity index (χ0) is 11.5. The highest BCUT2D eigenvalue weighted by atomic mass is 16.5. The molecule has 2 aliphatic rings. The lowest BCUT2D eigenvalue weighted by Crippen LogP contribution is -2.51. The van der Waals surface area contributed by atoms with Crippen LogP contribution in [0, 0.1) is 0 Å². The molecule has 92 valence electrons. The van der Waals surface area contributed by atoms with E-state index < -0.39 is 6.04 Å². The zero-order valence-electron chi connectivity index (χ0n) is 9.82. The summed E-state index contributed by atoms with van der Waals surface area (Å²) >= 11 is 0. The molecule has 0 aromatic rings. The van der Waals surface area contributed by atoms with E-state index >= 15 is 0 Å². The van der Waals surface area contributed by atoms with Crippen LogP contribution in [0.3, 0.4) is 0 Å². The Kier molecular flexibility index (Phi) is 3.78. The molecule has 2 heterocycles. The number of amides is 1. The summed E-state index contributed by atoms with van der Waals surface area (Å²) in [5.41, 5.74) is 5.47. The van der Waals surface area contributed by atoms with Crippen LogP contribution in [0.5, 0.6) is 0 Å². The van der Waals surface area contributed by atoms with Gasteiger partial charge in [-0.05, 0) is 26.3 Å². The summed E-state index contributed by atoms with van der Waals surface area (Å²) in [6.07, 6.45) is 2.64. The summed E-state index contributed by atoms with van der Waals surface area (Å²) in [4.78, 5) is 13.8. The second kappa shape index (κ2) is 5.12. The van der Waals surface area contributed by atoms with Crippen molar-refractivity contribution in [1.29, 1.82) is 0 Å². The Morgan fingerprint density at radius 1 is 1.69 bits per heavy atom. The Hall–Kier alpha value is -0.650. The molecule has 2 fully saturated rings. The molecule has 0 aromatic carbocycles. The molecule has 2 rings (SSSR count). The molecule has 5 heteroatoms. The van der Waals surface area contributed by atoms with E-state index in [1.165, 1.54) is 19.4 Å². The number of nitrogens with one attached hydrogen (secondary N) is 1. The monoisotopic (exact) mass is 227 g/mol. The first kappa shape index (κ1) is 11.8. The van der Waals surface area contributed by atoms with Crippen molar-refractivity contribution in [3.05, 3.63) is 0 Å². The Morgan fingerprint density at radius 2 is 2.50 bits per heavy atom. The number of carbonyl (C=O) groups excluding carboxylic acids is 1. The highest BCUT2D eigenvalue weighted by Crippen LogP contribution is 2.22. The molecule has 0 radical (unpaired) electrons. The van der Waals surface area contributed by atoms with Crippen LogP contribution in [0.2, 0.25) is 0 Å². The van der Waals surface area contributed by atoms with E-state index in [1.807, 2.05) is 0 Å². The molecule has 0 bridgehead atoms. The van der Waals surface area contributed by atoms with Crippen molar-refractivity contribution in [2.24, 2.45) is 5.73 Å². The summed E-state index contributed by atoms with van der Waals surface area (Å²) in [5.74, 6) is -0.104. The van der Waals surface area contributed by atoms with Gasteiger partial charge in [0.1, 0.15) is 0 Å². The fourth-order valence-electron chi connectivity index (χ4n) is 2.38. The van der Waals surface area contributed by atoms with Gasteiger partial charge in [-0.3, -0.25) is 9.69 Å². The SMILES string of the molecule is C[C@@H](N)C(=O)NCC1CN2CCCC2CO1. The second-order valence-electron chi connectivity index (χ2n) is 4.78. The quantitative estimate of drug-likeness (QED) is 0.670. The number of carbonyl (C=O) groups is 1. The molecule has 5 nitrogen and oxygen atoms in total. The summed E-state index contributed by atoms with van der Waals surface area (Å²) < 4.78 is 5.72. The third-order valence-electron chi connectivity index (χ3n) is 3.38. The van der Waals surface area contributed by atoms with Crippen LogP contribution >= 0.6 is 0 Å². The van der Waals surface area contributed by atoms with Crippen molar-refractivity contribution >= 4 is 5.91 Å². The van der Waals surface area contributed by atoms with E-state index in [1.54, 1.807) is 6.92 Å². The number of hydrogen-bond acceptors (Lipinski definition) is 4. The summed E-state index contributed by atoms with van der Waals surface area (Å²) in [6, 6.07) is 0.170. The van der Waals surface area contributed by atoms with E-state index in [4.69, 9.17) is 10.5 Å². The van der Waals surface area contributed by atoms with E-state index in [0.717, 1.165) is 13.2 Å². The Bertz CT molecular complexity index is 258. The summed E-state index contributed by atoms with van der Waals surface area (Å²) in [5, 5.41) is 2.82. The first-order valence-electron chi connectivity index (χ1n) is 6.06. The average Bonchev–Trinajstić information content (AvgIpc) is 2.72. The lowest BCUT2D eigenvalue weighted by Gasteiger charge is -2.35. The number of nitrogens with two attached hydrogens (primary N) is 1. The third kappa shape index (κ3) is 2.72. The molecule has 3 N–H and O–H groups in total.